The first-order chi connectivity index (χ1) is 13.7. The quantitative estimate of drug-likeness (QED) is 0.488. The lowest BCUT2D eigenvalue weighted by molar-refractivity contribution is -0.149. The number of rotatable bonds is 6. The Morgan fingerprint density at radius 2 is 1.79 bits per heavy atom. The van der Waals surface area contributed by atoms with Gasteiger partial charge in [0.1, 0.15) is 0 Å². The predicted octanol–water partition coefficient (Wildman–Crippen LogP) is 0.108. The highest BCUT2D eigenvalue weighted by Gasteiger charge is 2.26. The number of ether oxygens (including phenoxy) is 2. The van der Waals surface area contributed by atoms with Gasteiger partial charge in [0.05, 0.1) is 18.1 Å². The Labute approximate surface area is 168 Å². The molecule has 0 bridgehead atoms. The van der Waals surface area contributed by atoms with Gasteiger partial charge in [0.2, 0.25) is 10.0 Å². The molecule has 1 aliphatic rings. The van der Waals surface area contributed by atoms with Crippen LogP contribution in [0, 0.1) is 0 Å². The lowest BCUT2D eigenvalue weighted by Crippen LogP contribution is -2.43. The molecule has 0 aromatic heterocycles. The van der Waals surface area contributed by atoms with E-state index in [1.807, 2.05) is 5.32 Å². The van der Waals surface area contributed by atoms with E-state index in [-0.39, 0.29) is 4.90 Å². The van der Waals surface area contributed by atoms with Gasteiger partial charge in [-0.1, -0.05) is 12.1 Å². The van der Waals surface area contributed by atoms with Crippen LogP contribution >= 0.6 is 0 Å². The Morgan fingerprint density at radius 1 is 1.17 bits per heavy atom. The molecule has 2 rings (SSSR count). The van der Waals surface area contributed by atoms with Gasteiger partial charge in [-0.05, 0) is 30.7 Å². The fraction of sp³-hybridized carbons (Fsp3) is 0.389. The average Bonchev–Trinajstić information content (AvgIpc) is 2.73. The van der Waals surface area contributed by atoms with Crippen LogP contribution in [0.25, 0.3) is 6.08 Å². The maximum Gasteiger partial charge on any atom is 0.331 e. The molecule has 11 heteroatoms. The lowest BCUT2D eigenvalue weighted by Gasteiger charge is -2.26. The number of carbonyl (C=O) groups is 3. The number of benzene rings is 1. The molecule has 10 nitrogen and oxygen atoms in total. The predicted molar refractivity (Wildman–Crippen MR) is 103 cm³/mol. The number of nitrogens with zero attached hydrogens (tertiary/aromatic N) is 1. The van der Waals surface area contributed by atoms with Crippen LogP contribution in [0.4, 0.5) is 4.79 Å². The molecule has 1 aromatic carbocycles. The van der Waals surface area contributed by atoms with Gasteiger partial charge in [0.15, 0.2) is 6.10 Å². The normalized spacial score (nSPS) is 16.2. The van der Waals surface area contributed by atoms with Crippen molar-refractivity contribution < 1.29 is 32.3 Å². The van der Waals surface area contributed by atoms with Gasteiger partial charge < -0.3 is 14.8 Å². The van der Waals surface area contributed by atoms with Crippen molar-refractivity contribution in [2.45, 2.75) is 17.9 Å². The standard InChI is InChI=1S/C18H23N3O7S/c1-13(17(23)20-18(24)19-2)28-16(22)8-5-14-3-6-15(7-4-14)29(25,26)21-9-11-27-12-10-21/h3-8,13H,9-12H2,1-2H3,(H2,19,20,23,24)/b8-5+. The van der Waals surface area contributed by atoms with E-state index in [9.17, 15) is 22.8 Å². The maximum atomic E-state index is 12.6. The molecule has 158 valence electrons. The van der Waals surface area contributed by atoms with Crippen LogP contribution in [0.3, 0.4) is 0 Å². The minimum absolute atomic E-state index is 0.152. The zero-order valence-electron chi connectivity index (χ0n) is 16.1. The van der Waals surface area contributed by atoms with E-state index in [1.54, 1.807) is 12.1 Å². The number of sulfonamides is 1. The second-order valence-corrected chi connectivity index (χ2v) is 8.00. The third kappa shape index (κ3) is 6.38. The Kier molecular flexibility index (Phi) is 7.88. The highest BCUT2D eigenvalue weighted by Crippen LogP contribution is 2.18. The summed E-state index contributed by atoms with van der Waals surface area (Å²) in [7, 11) is -2.24. The summed E-state index contributed by atoms with van der Waals surface area (Å²) in [5.74, 6) is -1.54. The van der Waals surface area contributed by atoms with Gasteiger partial charge >= 0.3 is 12.0 Å². The van der Waals surface area contributed by atoms with Gasteiger partial charge in [0.25, 0.3) is 5.91 Å². The van der Waals surface area contributed by atoms with E-state index in [0.29, 0.717) is 31.9 Å². The highest BCUT2D eigenvalue weighted by atomic mass is 32.2. The van der Waals surface area contributed by atoms with Crippen LogP contribution in [0.15, 0.2) is 35.2 Å². The molecular weight excluding hydrogens is 402 g/mol. The molecule has 1 unspecified atom stereocenters. The number of esters is 1. The van der Waals surface area contributed by atoms with Crippen molar-refractivity contribution >= 4 is 34.0 Å². The molecule has 0 radical (unpaired) electrons. The van der Waals surface area contributed by atoms with Crippen molar-refractivity contribution in [3.63, 3.8) is 0 Å². The molecule has 0 spiro atoms. The second-order valence-electron chi connectivity index (χ2n) is 6.07. The smallest absolute Gasteiger partial charge is 0.331 e. The van der Waals surface area contributed by atoms with Crippen molar-refractivity contribution in [2.75, 3.05) is 33.4 Å². The molecule has 1 aromatic rings. The highest BCUT2D eigenvalue weighted by molar-refractivity contribution is 7.89. The number of hydrogen-bond acceptors (Lipinski definition) is 7. The van der Waals surface area contributed by atoms with Crippen LogP contribution in [0.5, 0.6) is 0 Å². The fourth-order valence-electron chi connectivity index (χ4n) is 2.39. The zero-order valence-corrected chi connectivity index (χ0v) is 16.9. The second kappa shape index (κ2) is 10.1. The van der Waals surface area contributed by atoms with Gasteiger partial charge in [-0.25, -0.2) is 18.0 Å². The van der Waals surface area contributed by atoms with Crippen molar-refractivity contribution in [3.8, 4) is 0 Å². The minimum atomic E-state index is -3.59. The van der Waals surface area contributed by atoms with Gasteiger partial charge in [-0.3, -0.25) is 10.1 Å². The SMILES string of the molecule is CNC(=O)NC(=O)C(C)OC(=O)/C=C/c1ccc(S(=O)(=O)N2CCOCC2)cc1. The Morgan fingerprint density at radius 3 is 2.38 bits per heavy atom. The van der Waals surface area contributed by atoms with E-state index in [2.05, 4.69) is 5.32 Å². The van der Waals surface area contributed by atoms with Crippen LogP contribution in [-0.4, -0.2) is 70.1 Å². The van der Waals surface area contributed by atoms with E-state index in [4.69, 9.17) is 9.47 Å². The van der Waals surface area contributed by atoms with E-state index < -0.39 is 34.0 Å². The number of carbonyl (C=O) groups excluding carboxylic acids is 3. The zero-order chi connectivity index (χ0) is 21.4. The monoisotopic (exact) mass is 425 g/mol. The van der Waals surface area contributed by atoms with Gasteiger partial charge in [-0.15, -0.1) is 0 Å². The van der Waals surface area contributed by atoms with E-state index in [0.717, 1.165) is 6.08 Å². The third-order valence-electron chi connectivity index (χ3n) is 4.03. The Hall–Kier alpha value is -2.76. The molecule has 29 heavy (non-hydrogen) atoms. The molecule has 1 saturated heterocycles. The van der Waals surface area contributed by atoms with Crippen LogP contribution in [0.1, 0.15) is 12.5 Å². The summed E-state index contributed by atoms with van der Waals surface area (Å²) >= 11 is 0. The topological polar surface area (TPSA) is 131 Å². The summed E-state index contributed by atoms with van der Waals surface area (Å²) in [6, 6.07) is 5.31. The molecule has 3 amide bonds. The molecule has 1 fully saturated rings. The van der Waals surface area contributed by atoms with Crippen LogP contribution < -0.4 is 10.6 Å². The van der Waals surface area contributed by atoms with Crippen molar-refractivity contribution in [3.05, 3.63) is 35.9 Å². The number of nitrogens with one attached hydrogen (secondary N) is 2. The number of imide groups is 1. The lowest BCUT2D eigenvalue weighted by atomic mass is 10.2. The first-order valence-corrected chi connectivity index (χ1v) is 10.3. The van der Waals surface area contributed by atoms with E-state index in [1.165, 1.54) is 36.5 Å². The molecule has 2 N–H and O–H groups in total. The first-order valence-electron chi connectivity index (χ1n) is 8.83. The fourth-order valence-corrected chi connectivity index (χ4v) is 3.80. The third-order valence-corrected chi connectivity index (χ3v) is 5.94. The first kappa shape index (κ1) is 22.5. The van der Waals surface area contributed by atoms with Crippen molar-refractivity contribution in [1.82, 2.24) is 14.9 Å². The largest absolute Gasteiger partial charge is 0.449 e. The number of hydrogen-bond donors (Lipinski definition) is 2. The van der Waals surface area contributed by atoms with Crippen molar-refractivity contribution in [2.24, 2.45) is 0 Å². The number of amides is 3. The van der Waals surface area contributed by atoms with Gasteiger partial charge in [0, 0.05) is 26.2 Å². The molecular formula is C18H23N3O7S. The molecule has 1 aliphatic heterocycles. The summed E-state index contributed by atoms with van der Waals surface area (Å²) in [4.78, 5) is 34.7. The number of morpholine rings is 1. The number of urea groups is 1. The minimum Gasteiger partial charge on any atom is -0.449 e. The summed E-state index contributed by atoms with van der Waals surface area (Å²) in [5.41, 5.74) is 0.574. The summed E-state index contributed by atoms with van der Waals surface area (Å²) in [6.07, 6.45) is 1.37. The molecule has 1 atom stereocenters. The molecule has 1 heterocycles. The Balaban J connectivity index is 1.94. The molecule has 0 saturated carbocycles. The van der Waals surface area contributed by atoms with Crippen LogP contribution in [-0.2, 0) is 29.1 Å². The van der Waals surface area contributed by atoms with Crippen LogP contribution in [0.2, 0.25) is 0 Å². The Bertz CT molecular complexity index is 875. The van der Waals surface area contributed by atoms with Gasteiger partial charge in [-0.2, -0.15) is 4.31 Å². The summed E-state index contributed by atoms with van der Waals surface area (Å²) in [6.45, 7) is 2.67. The maximum absolute atomic E-state index is 12.6. The summed E-state index contributed by atoms with van der Waals surface area (Å²) in [5, 5.41) is 4.21. The molecule has 0 aliphatic carbocycles. The average molecular weight is 425 g/mol. The summed E-state index contributed by atoms with van der Waals surface area (Å²) < 4.78 is 36.6. The van der Waals surface area contributed by atoms with E-state index >= 15 is 0 Å². The van der Waals surface area contributed by atoms with Crippen molar-refractivity contribution in [1.29, 1.82) is 0 Å².